The molecule has 1 aromatic rings. The molecule has 0 bridgehead atoms. The Morgan fingerprint density at radius 2 is 2.08 bits per heavy atom. The van der Waals surface area contributed by atoms with Gasteiger partial charge < -0.3 is 16.0 Å². The van der Waals surface area contributed by atoms with E-state index in [-0.39, 0.29) is 11.8 Å². The summed E-state index contributed by atoms with van der Waals surface area (Å²) in [5.74, 6) is -0.237. The summed E-state index contributed by atoms with van der Waals surface area (Å²) in [4.78, 5) is 27.7. The van der Waals surface area contributed by atoms with Crippen molar-refractivity contribution in [2.24, 2.45) is 11.7 Å². The monoisotopic (exact) mass is 332 g/mol. The normalized spacial score (nSPS) is 17.8. The number of primary amides is 1. The average Bonchev–Trinajstić information content (AvgIpc) is 2.60. The molecule has 132 valence electrons. The molecule has 1 aliphatic heterocycles. The fourth-order valence-electron chi connectivity index (χ4n) is 3.09. The van der Waals surface area contributed by atoms with E-state index in [0.717, 1.165) is 38.2 Å². The van der Waals surface area contributed by atoms with E-state index in [1.165, 1.54) is 5.56 Å². The second kappa shape index (κ2) is 8.68. The summed E-state index contributed by atoms with van der Waals surface area (Å²) in [5, 5.41) is 2.98. The SMILES string of the molecule is CCN(CC)Cc1cccc(NC(=O)[C@@H]2CCCN(C(N)=O)C2)c1. The van der Waals surface area contributed by atoms with E-state index in [0.29, 0.717) is 13.1 Å². The van der Waals surface area contributed by atoms with Gasteiger partial charge in [0.15, 0.2) is 0 Å². The zero-order chi connectivity index (χ0) is 17.5. The van der Waals surface area contributed by atoms with E-state index in [9.17, 15) is 9.59 Å². The molecule has 3 N–H and O–H groups in total. The lowest BCUT2D eigenvalue weighted by Crippen LogP contribution is -2.46. The van der Waals surface area contributed by atoms with E-state index >= 15 is 0 Å². The number of piperidine rings is 1. The van der Waals surface area contributed by atoms with Crippen LogP contribution >= 0.6 is 0 Å². The lowest BCUT2D eigenvalue weighted by molar-refractivity contribution is -0.121. The minimum atomic E-state index is -0.450. The number of nitrogens with one attached hydrogen (secondary N) is 1. The minimum Gasteiger partial charge on any atom is -0.351 e. The molecule has 0 spiro atoms. The molecule has 0 saturated carbocycles. The molecular weight excluding hydrogens is 304 g/mol. The highest BCUT2D eigenvalue weighted by molar-refractivity contribution is 5.93. The number of carbonyl (C=O) groups excluding carboxylic acids is 2. The molecule has 6 heteroatoms. The van der Waals surface area contributed by atoms with Gasteiger partial charge in [0, 0.05) is 25.3 Å². The average molecular weight is 332 g/mol. The highest BCUT2D eigenvalue weighted by Gasteiger charge is 2.27. The Balaban J connectivity index is 1.97. The van der Waals surface area contributed by atoms with Crippen LogP contribution in [0.3, 0.4) is 0 Å². The van der Waals surface area contributed by atoms with Crippen LogP contribution in [0.2, 0.25) is 0 Å². The molecule has 0 radical (unpaired) electrons. The predicted octanol–water partition coefficient (Wildman–Crippen LogP) is 2.26. The lowest BCUT2D eigenvalue weighted by atomic mass is 9.97. The molecule has 1 aromatic carbocycles. The van der Waals surface area contributed by atoms with E-state index in [1.807, 2.05) is 18.2 Å². The van der Waals surface area contributed by atoms with Gasteiger partial charge in [-0.1, -0.05) is 26.0 Å². The fraction of sp³-hybridized carbons (Fsp3) is 0.556. The van der Waals surface area contributed by atoms with Crippen molar-refractivity contribution in [3.8, 4) is 0 Å². The molecule has 6 nitrogen and oxygen atoms in total. The zero-order valence-electron chi connectivity index (χ0n) is 14.6. The summed E-state index contributed by atoms with van der Waals surface area (Å²) in [6.45, 7) is 8.19. The molecule has 24 heavy (non-hydrogen) atoms. The van der Waals surface area contributed by atoms with Crippen LogP contribution in [-0.4, -0.2) is 47.9 Å². The molecule has 1 aliphatic rings. The molecule has 0 unspecified atom stereocenters. The van der Waals surface area contributed by atoms with Gasteiger partial charge in [-0.25, -0.2) is 4.79 Å². The van der Waals surface area contributed by atoms with Crippen LogP contribution in [0.4, 0.5) is 10.5 Å². The van der Waals surface area contributed by atoms with Gasteiger partial charge in [0.25, 0.3) is 0 Å². The number of urea groups is 1. The third-order valence-corrected chi connectivity index (χ3v) is 4.60. The van der Waals surface area contributed by atoms with Gasteiger partial charge in [-0.15, -0.1) is 0 Å². The smallest absolute Gasteiger partial charge is 0.314 e. The predicted molar refractivity (Wildman–Crippen MR) is 95.6 cm³/mol. The van der Waals surface area contributed by atoms with Gasteiger partial charge in [-0.05, 0) is 43.6 Å². The van der Waals surface area contributed by atoms with Crippen molar-refractivity contribution < 1.29 is 9.59 Å². The van der Waals surface area contributed by atoms with Gasteiger partial charge in [0.1, 0.15) is 0 Å². The standard InChI is InChI=1S/C18H28N4O2/c1-3-21(4-2)12-14-7-5-9-16(11-14)20-17(23)15-8-6-10-22(13-15)18(19)24/h5,7,9,11,15H,3-4,6,8,10,12-13H2,1-2H3,(H2,19,24)(H,20,23)/t15-/m1/s1. The van der Waals surface area contributed by atoms with Crippen molar-refractivity contribution in [1.29, 1.82) is 0 Å². The molecule has 1 heterocycles. The first kappa shape index (κ1) is 18.3. The van der Waals surface area contributed by atoms with E-state index < -0.39 is 6.03 Å². The number of hydrogen-bond acceptors (Lipinski definition) is 3. The second-order valence-corrected chi connectivity index (χ2v) is 6.27. The number of anilines is 1. The van der Waals surface area contributed by atoms with E-state index in [2.05, 4.69) is 30.1 Å². The number of nitrogens with zero attached hydrogens (tertiary/aromatic N) is 2. The first-order chi connectivity index (χ1) is 11.5. The van der Waals surface area contributed by atoms with Crippen LogP contribution < -0.4 is 11.1 Å². The maximum atomic E-state index is 12.5. The van der Waals surface area contributed by atoms with Crippen molar-refractivity contribution in [2.75, 3.05) is 31.5 Å². The molecule has 3 amide bonds. The maximum Gasteiger partial charge on any atom is 0.314 e. The molecule has 0 aliphatic carbocycles. The van der Waals surface area contributed by atoms with Gasteiger partial charge in [-0.3, -0.25) is 9.69 Å². The minimum absolute atomic E-state index is 0.0408. The van der Waals surface area contributed by atoms with Crippen LogP contribution in [0.1, 0.15) is 32.3 Å². The number of likely N-dealkylation sites (tertiary alicyclic amines) is 1. The third kappa shape index (κ3) is 4.96. The summed E-state index contributed by atoms with van der Waals surface area (Å²) < 4.78 is 0. The van der Waals surface area contributed by atoms with Crippen LogP contribution in [0.15, 0.2) is 24.3 Å². The number of carbonyl (C=O) groups is 2. The van der Waals surface area contributed by atoms with Crippen LogP contribution in [0, 0.1) is 5.92 Å². The molecule has 1 fully saturated rings. The lowest BCUT2D eigenvalue weighted by Gasteiger charge is -2.30. The Labute approximate surface area is 144 Å². The summed E-state index contributed by atoms with van der Waals surface area (Å²) >= 11 is 0. The molecule has 1 atom stereocenters. The Hall–Kier alpha value is -2.08. The Morgan fingerprint density at radius 1 is 1.33 bits per heavy atom. The number of benzene rings is 1. The fourth-order valence-corrected chi connectivity index (χ4v) is 3.09. The molecular formula is C18H28N4O2. The highest BCUT2D eigenvalue weighted by Crippen LogP contribution is 2.19. The third-order valence-electron chi connectivity index (χ3n) is 4.60. The quantitative estimate of drug-likeness (QED) is 0.838. The van der Waals surface area contributed by atoms with Crippen molar-refractivity contribution in [1.82, 2.24) is 9.80 Å². The number of nitrogens with two attached hydrogens (primary N) is 1. The Kier molecular flexibility index (Phi) is 6.61. The van der Waals surface area contributed by atoms with Gasteiger partial charge in [-0.2, -0.15) is 0 Å². The number of rotatable bonds is 6. The summed E-state index contributed by atoms with van der Waals surface area (Å²) in [6.07, 6.45) is 1.60. The summed E-state index contributed by atoms with van der Waals surface area (Å²) in [7, 11) is 0. The van der Waals surface area contributed by atoms with E-state index in [4.69, 9.17) is 5.73 Å². The maximum absolute atomic E-state index is 12.5. The zero-order valence-corrected chi connectivity index (χ0v) is 14.6. The summed E-state index contributed by atoms with van der Waals surface area (Å²) in [6, 6.07) is 7.51. The first-order valence-electron chi connectivity index (χ1n) is 8.70. The molecule has 2 rings (SSSR count). The van der Waals surface area contributed by atoms with Crippen LogP contribution in [0.25, 0.3) is 0 Å². The Bertz CT molecular complexity index is 572. The van der Waals surface area contributed by atoms with Crippen LogP contribution in [-0.2, 0) is 11.3 Å². The van der Waals surface area contributed by atoms with Crippen molar-refractivity contribution in [3.63, 3.8) is 0 Å². The second-order valence-electron chi connectivity index (χ2n) is 6.27. The highest BCUT2D eigenvalue weighted by atomic mass is 16.2. The topological polar surface area (TPSA) is 78.7 Å². The van der Waals surface area contributed by atoms with Crippen LogP contribution in [0.5, 0.6) is 0 Å². The van der Waals surface area contributed by atoms with Gasteiger partial charge >= 0.3 is 6.03 Å². The Morgan fingerprint density at radius 3 is 2.75 bits per heavy atom. The van der Waals surface area contributed by atoms with Crippen molar-refractivity contribution in [2.45, 2.75) is 33.2 Å². The largest absolute Gasteiger partial charge is 0.351 e. The van der Waals surface area contributed by atoms with Gasteiger partial charge in [0.2, 0.25) is 5.91 Å². The molecule has 1 saturated heterocycles. The first-order valence-corrected chi connectivity index (χ1v) is 8.70. The number of hydrogen-bond donors (Lipinski definition) is 2. The van der Waals surface area contributed by atoms with Crippen molar-refractivity contribution >= 4 is 17.6 Å². The number of amides is 3. The summed E-state index contributed by atoms with van der Waals surface area (Å²) in [5.41, 5.74) is 7.31. The molecule has 0 aromatic heterocycles. The van der Waals surface area contributed by atoms with Gasteiger partial charge in [0.05, 0.1) is 5.92 Å². The van der Waals surface area contributed by atoms with E-state index in [1.54, 1.807) is 4.90 Å². The van der Waals surface area contributed by atoms with Crippen molar-refractivity contribution in [3.05, 3.63) is 29.8 Å².